The SMILES string of the molecule is Cc1ccc2c(c1)N(C(=O)N1CCC(C(=O)NCc3ccccc3C)CC1)CC(C)O2. The molecule has 1 atom stereocenters. The predicted octanol–water partition coefficient (Wildman–Crippen LogP) is 4.04. The van der Waals surface area contributed by atoms with Gasteiger partial charge >= 0.3 is 6.03 Å². The zero-order valence-electron chi connectivity index (χ0n) is 18.6. The molecule has 2 aromatic rings. The number of aryl methyl sites for hydroxylation is 2. The van der Waals surface area contributed by atoms with Crippen molar-refractivity contribution in [2.75, 3.05) is 24.5 Å². The molecule has 0 saturated carbocycles. The van der Waals surface area contributed by atoms with Gasteiger partial charge in [0.2, 0.25) is 5.91 Å². The first-order chi connectivity index (χ1) is 14.9. The minimum Gasteiger partial charge on any atom is -0.487 e. The second-order valence-electron chi connectivity index (χ2n) is 8.70. The third kappa shape index (κ3) is 4.68. The Hall–Kier alpha value is -3.02. The van der Waals surface area contributed by atoms with Crippen molar-refractivity contribution < 1.29 is 14.3 Å². The largest absolute Gasteiger partial charge is 0.487 e. The number of likely N-dealkylation sites (tertiary alicyclic amines) is 1. The average Bonchev–Trinajstić information content (AvgIpc) is 2.77. The Morgan fingerprint density at radius 2 is 1.84 bits per heavy atom. The highest BCUT2D eigenvalue weighted by atomic mass is 16.5. The van der Waals surface area contributed by atoms with E-state index in [2.05, 4.69) is 18.3 Å². The average molecular weight is 422 g/mol. The van der Waals surface area contributed by atoms with Gasteiger partial charge in [-0.1, -0.05) is 30.3 Å². The highest BCUT2D eigenvalue weighted by molar-refractivity contribution is 5.94. The molecular formula is C25H31N3O3. The first-order valence-electron chi connectivity index (χ1n) is 11.1. The lowest BCUT2D eigenvalue weighted by Gasteiger charge is -2.39. The summed E-state index contributed by atoms with van der Waals surface area (Å²) < 4.78 is 5.91. The molecule has 6 heteroatoms. The first kappa shape index (κ1) is 21.2. The fraction of sp³-hybridized carbons (Fsp3) is 0.440. The summed E-state index contributed by atoms with van der Waals surface area (Å²) in [4.78, 5) is 29.7. The maximum atomic E-state index is 13.3. The van der Waals surface area contributed by atoms with Gasteiger partial charge in [0, 0.05) is 25.6 Å². The van der Waals surface area contributed by atoms with E-state index in [-0.39, 0.29) is 24.0 Å². The smallest absolute Gasteiger partial charge is 0.324 e. The predicted molar refractivity (Wildman–Crippen MR) is 121 cm³/mol. The normalized spacial score (nSPS) is 18.9. The maximum Gasteiger partial charge on any atom is 0.324 e. The van der Waals surface area contributed by atoms with Crippen LogP contribution in [0.5, 0.6) is 5.75 Å². The third-order valence-electron chi connectivity index (χ3n) is 6.25. The molecule has 0 aromatic heterocycles. The minimum atomic E-state index is -0.0519. The second-order valence-corrected chi connectivity index (χ2v) is 8.70. The number of anilines is 1. The summed E-state index contributed by atoms with van der Waals surface area (Å²) in [6.07, 6.45) is 1.32. The van der Waals surface area contributed by atoms with Crippen LogP contribution in [0.2, 0.25) is 0 Å². The summed E-state index contributed by atoms with van der Waals surface area (Å²) in [5, 5.41) is 3.07. The molecule has 0 bridgehead atoms. The van der Waals surface area contributed by atoms with Crippen LogP contribution in [0.25, 0.3) is 0 Å². The molecule has 2 aromatic carbocycles. The molecule has 31 heavy (non-hydrogen) atoms. The Labute approximate surface area is 184 Å². The third-order valence-corrected chi connectivity index (χ3v) is 6.25. The topological polar surface area (TPSA) is 61.9 Å². The molecule has 1 unspecified atom stereocenters. The number of hydrogen-bond donors (Lipinski definition) is 1. The lowest BCUT2D eigenvalue weighted by atomic mass is 9.96. The number of urea groups is 1. The van der Waals surface area contributed by atoms with Gasteiger partial charge in [0.05, 0.1) is 12.2 Å². The molecule has 1 fully saturated rings. The van der Waals surface area contributed by atoms with Crippen LogP contribution in [0.3, 0.4) is 0 Å². The van der Waals surface area contributed by atoms with Gasteiger partial charge in [0.15, 0.2) is 0 Å². The number of benzene rings is 2. The Kier molecular flexibility index (Phi) is 6.16. The molecule has 1 saturated heterocycles. The van der Waals surface area contributed by atoms with E-state index >= 15 is 0 Å². The van der Waals surface area contributed by atoms with E-state index in [0.717, 1.165) is 22.6 Å². The molecule has 0 radical (unpaired) electrons. The maximum absolute atomic E-state index is 13.3. The van der Waals surface area contributed by atoms with Crippen LogP contribution in [-0.4, -0.2) is 42.6 Å². The Bertz CT molecular complexity index is 966. The van der Waals surface area contributed by atoms with Crippen LogP contribution >= 0.6 is 0 Å². The zero-order chi connectivity index (χ0) is 22.0. The molecule has 6 nitrogen and oxygen atoms in total. The minimum absolute atomic E-state index is 0.000712. The number of ether oxygens (including phenoxy) is 1. The molecule has 2 aliphatic rings. The highest BCUT2D eigenvalue weighted by Crippen LogP contribution is 2.35. The van der Waals surface area contributed by atoms with E-state index < -0.39 is 0 Å². The van der Waals surface area contributed by atoms with Gasteiger partial charge in [-0.05, 0) is 62.4 Å². The van der Waals surface area contributed by atoms with Gasteiger partial charge in [-0.2, -0.15) is 0 Å². The van der Waals surface area contributed by atoms with Crippen molar-refractivity contribution in [1.82, 2.24) is 10.2 Å². The second kappa shape index (κ2) is 9.00. The molecule has 4 rings (SSSR count). The lowest BCUT2D eigenvalue weighted by Crippen LogP contribution is -2.52. The van der Waals surface area contributed by atoms with Crippen molar-refractivity contribution in [3.8, 4) is 5.75 Å². The van der Waals surface area contributed by atoms with Crippen molar-refractivity contribution in [2.24, 2.45) is 5.92 Å². The Morgan fingerprint density at radius 3 is 2.58 bits per heavy atom. The molecular weight excluding hydrogens is 390 g/mol. The van der Waals surface area contributed by atoms with E-state index in [9.17, 15) is 9.59 Å². The van der Waals surface area contributed by atoms with E-state index in [1.807, 2.05) is 60.0 Å². The molecule has 1 N–H and O–H groups in total. The summed E-state index contributed by atoms with van der Waals surface area (Å²) in [5.74, 6) is 0.783. The number of carbonyl (C=O) groups is 2. The van der Waals surface area contributed by atoms with Crippen LogP contribution in [0.4, 0.5) is 10.5 Å². The number of carbonyl (C=O) groups excluding carboxylic acids is 2. The van der Waals surface area contributed by atoms with Gasteiger partial charge in [0.25, 0.3) is 0 Å². The number of rotatable bonds is 3. The fourth-order valence-electron chi connectivity index (χ4n) is 4.37. The molecule has 164 valence electrons. The Balaban J connectivity index is 1.35. The van der Waals surface area contributed by atoms with Crippen LogP contribution in [0.15, 0.2) is 42.5 Å². The number of hydrogen-bond acceptors (Lipinski definition) is 3. The van der Waals surface area contributed by atoms with Gasteiger partial charge in [0.1, 0.15) is 11.9 Å². The molecule has 2 aliphatic heterocycles. The van der Waals surface area contributed by atoms with E-state index in [0.29, 0.717) is 39.0 Å². The van der Waals surface area contributed by atoms with Gasteiger partial charge < -0.3 is 15.0 Å². The summed E-state index contributed by atoms with van der Waals surface area (Å²) >= 11 is 0. The summed E-state index contributed by atoms with van der Waals surface area (Å²) in [6.45, 7) is 8.31. The number of amides is 3. The molecule has 2 heterocycles. The number of fused-ring (bicyclic) bond motifs is 1. The molecule has 3 amide bonds. The number of piperidine rings is 1. The van der Waals surface area contributed by atoms with Crippen molar-refractivity contribution in [2.45, 2.75) is 46.3 Å². The van der Waals surface area contributed by atoms with Gasteiger partial charge in [-0.3, -0.25) is 9.69 Å². The summed E-state index contributed by atoms with van der Waals surface area (Å²) in [5.41, 5.74) is 4.25. The van der Waals surface area contributed by atoms with Gasteiger partial charge in [-0.25, -0.2) is 4.79 Å². The van der Waals surface area contributed by atoms with Gasteiger partial charge in [-0.15, -0.1) is 0 Å². The Morgan fingerprint density at radius 1 is 1.10 bits per heavy atom. The van der Waals surface area contributed by atoms with Crippen LogP contribution in [-0.2, 0) is 11.3 Å². The zero-order valence-corrected chi connectivity index (χ0v) is 18.6. The first-order valence-corrected chi connectivity index (χ1v) is 11.1. The molecule has 0 spiro atoms. The fourth-order valence-corrected chi connectivity index (χ4v) is 4.37. The number of nitrogens with zero attached hydrogens (tertiary/aromatic N) is 2. The van der Waals surface area contributed by atoms with E-state index in [1.165, 1.54) is 5.56 Å². The van der Waals surface area contributed by atoms with Crippen LogP contribution in [0, 0.1) is 19.8 Å². The van der Waals surface area contributed by atoms with E-state index in [1.54, 1.807) is 0 Å². The van der Waals surface area contributed by atoms with Crippen LogP contribution in [0.1, 0.15) is 36.5 Å². The van der Waals surface area contributed by atoms with Crippen molar-refractivity contribution >= 4 is 17.6 Å². The summed E-state index contributed by atoms with van der Waals surface area (Å²) in [6, 6.07) is 14.0. The number of nitrogens with one attached hydrogen (secondary N) is 1. The van der Waals surface area contributed by atoms with Crippen molar-refractivity contribution in [3.05, 3.63) is 59.2 Å². The highest BCUT2D eigenvalue weighted by Gasteiger charge is 2.34. The quantitative estimate of drug-likeness (QED) is 0.814. The van der Waals surface area contributed by atoms with Crippen molar-refractivity contribution in [3.63, 3.8) is 0 Å². The molecule has 0 aliphatic carbocycles. The lowest BCUT2D eigenvalue weighted by molar-refractivity contribution is -0.126. The van der Waals surface area contributed by atoms with Crippen LogP contribution < -0.4 is 15.0 Å². The summed E-state index contributed by atoms with van der Waals surface area (Å²) in [7, 11) is 0. The van der Waals surface area contributed by atoms with Crippen molar-refractivity contribution in [1.29, 1.82) is 0 Å². The standard InChI is InChI=1S/C25H31N3O3/c1-17-8-9-23-22(14-17)28(16-19(3)31-23)25(30)27-12-10-20(11-13-27)24(29)26-15-21-7-5-4-6-18(21)2/h4-9,14,19-20H,10-13,15-16H2,1-3H3,(H,26,29). The monoisotopic (exact) mass is 421 g/mol. The van der Waals surface area contributed by atoms with E-state index in [4.69, 9.17) is 4.74 Å².